The topological polar surface area (TPSA) is 94.8 Å². The molecule has 22 heavy (non-hydrogen) atoms. The molecule has 3 N–H and O–H groups in total. The van der Waals surface area contributed by atoms with Crippen molar-refractivity contribution in [2.45, 2.75) is 20.1 Å². The van der Waals surface area contributed by atoms with Crippen molar-refractivity contribution >= 4 is 11.8 Å². The fourth-order valence-corrected chi connectivity index (χ4v) is 2.32. The van der Waals surface area contributed by atoms with Crippen LogP contribution in [0.4, 0.5) is 0 Å². The lowest BCUT2D eigenvalue weighted by Crippen LogP contribution is -2.04. The molecule has 2 aromatic rings. The Morgan fingerprint density at radius 1 is 0.864 bits per heavy atom. The number of carboxylic acids is 1. The van der Waals surface area contributed by atoms with Gasteiger partial charge in [-0.25, -0.2) is 4.79 Å². The molecule has 0 saturated heterocycles. The number of aliphatic hydroxyl groups excluding tert-OH is 2. The van der Waals surface area contributed by atoms with Gasteiger partial charge < -0.3 is 15.3 Å². The van der Waals surface area contributed by atoms with Crippen LogP contribution in [0.3, 0.4) is 0 Å². The first-order valence-corrected chi connectivity index (χ1v) is 6.70. The van der Waals surface area contributed by atoms with Crippen LogP contribution in [-0.4, -0.2) is 27.1 Å². The average molecular weight is 300 g/mol. The lowest BCUT2D eigenvalue weighted by atomic mass is 9.91. The maximum absolute atomic E-state index is 11.8. The smallest absolute Gasteiger partial charge is 0.336 e. The van der Waals surface area contributed by atoms with E-state index in [-0.39, 0.29) is 24.6 Å². The van der Waals surface area contributed by atoms with Gasteiger partial charge in [-0.3, -0.25) is 4.79 Å². The summed E-state index contributed by atoms with van der Waals surface area (Å²) in [5.41, 5.74) is 2.31. The van der Waals surface area contributed by atoms with Crippen molar-refractivity contribution in [1.82, 2.24) is 0 Å². The molecule has 0 atom stereocenters. The lowest BCUT2D eigenvalue weighted by Gasteiger charge is -2.13. The van der Waals surface area contributed by atoms with Crippen LogP contribution in [-0.2, 0) is 13.2 Å². The number of rotatable bonds is 5. The number of ketones is 1. The van der Waals surface area contributed by atoms with E-state index < -0.39 is 5.97 Å². The molecule has 5 nitrogen and oxygen atoms in total. The summed E-state index contributed by atoms with van der Waals surface area (Å²) in [4.78, 5) is 23.2. The van der Waals surface area contributed by atoms with Gasteiger partial charge in [0.1, 0.15) is 0 Å². The molecule has 0 saturated carbocycles. The van der Waals surface area contributed by atoms with E-state index in [2.05, 4.69) is 0 Å². The quantitative estimate of drug-likeness (QED) is 0.736. The molecule has 5 heteroatoms. The van der Waals surface area contributed by atoms with Crippen LogP contribution in [0.1, 0.15) is 38.8 Å². The summed E-state index contributed by atoms with van der Waals surface area (Å²) in [6.07, 6.45) is 0. The summed E-state index contributed by atoms with van der Waals surface area (Å²) in [7, 11) is 0. The van der Waals surface area contributed by atoms with Crippen LogP contribution >= 0.6 is 0 Å². The van der Waals surface area contributed by atoms with Crippen LogP contribution in [0.5, 0.6) is 0 Å². The molecule has 0 aliphatic rings. The number of benzene rings is 2. The number of carbonyl (C=O) groups is 2. The SMILES string of the molecule is CC(=O)c1ccc(CO)cc1-c1cc(CO)ccc1C(=O)O. The second-order valence-electron chi connectivity index (χ2n) is 4.94. The van der Waals surface area contributed by atoms with Gasteiger partial charge in [-0.2, -0.15) is 0 Å². The predicted octanol–water partition coefficient (Wildman–Crippen LogP) is 2.24. The third-order valence-electron chi connectivity index (χ3n) is 3.43. The molecule has 0 heterocycles. The molecule has 0 fully saturated rings. The first kappa shape index (κ1) is 15.9. The Bertz CT molecular complexity index is 670. The van der Waals surface area contributed by atoms with Crippen molar-refractivity contribution < 1.29 is 24.9 Å². The van der Waals surface area contributed by atoms with Crippen LogP contribution < -0.4 is 0 Å². The van der Waals surface area contributed by atoms with Gasteiger partial charge in [0.05, 0.1) is 18.8 Å². The maximum atomic E-state index is 11.8. The Hall–Kier alpha value is -2.50. The number of carbonyl (C=O) groups excluding carboxylic acids is 1. The fourth-order valence-electron chi connectivity index (χ4n) is 2.32. The maximum Gasteiger partial charge on any atom is 0.336 e. The van der Waals surface area contributed by atoms with E-state index in [1.807, 2.05) is 0 Å². The number of Topliss-reactive ketones (excluding diaryl/α,β-unsaturated/α-hetero) is 1. The van der Waals surface area contributed by atoms with E-state index in [1.165, 1.54) is 19.1 Å². The van der Waals surface area contributed by atoms with Crippen molar-refractivity contribution in [3.05, 3.63) is 58.7 Å². The zero-order valence-electron chi connectivity index (χ0n) is 12.0. The van der Waals surface area contributed by atoms with Gasteiger partial charge in [0, 0.05) is 5.56 Å². The summed E-state index contributed by atoms with van der Waals surface area (Å²) in [6.45, 7) is 0.947. The van der Waals surface area contributed by atoms with E-state index >= 15 is 0 Å². The molecule has 0 radical (unpaired) electrons. The van der Waals surface area contributed by atoms with Crippen molar-refractivity contribution in [1.29, 1.82) is 0 Å². The third-order valence-corrected chi connectivity index (χ3v) is 3.43. The minimum atomic E-state index is -1.12. The van der Waals surface area contributed by atoms with Crippen LogP contribution in [0.15, 0.2) is 36.4 Å². The highest BCUT2D eigenvalue weighted by Gasteiger charge is 2.17. The van der Waals surface area contributed by atoms with E-state index in [1.54, 1.807) is 24.3 Å². The Labute approximate surface area is 127 Å². The second kappa shape index (κ2) is 6.51. The highest BCUT2D eigenvalue weighted by atomic mass is 16.4. The first-order valence-electron chi connectivity index (χ1n) is 6.70. The van der Waals surface area contributed by atoms with E-state index in [0.717, 1.165) is 0 Å². The summed E-state index contributed by atoms with van der Waals surface area (Å²) in [6, 6.07) is 9.26. The van der Waals surface area contributed by atoms with Crippen molar-refractivity contribution in [2.24, 2.45) is 0 Å². The van der Waals surface area contributed by atoms with Gasteiger partial charge in [0.25, 0.3) is 0 Å². The van der Waals surface area contributed by atoms with E-state index in [0.29, 0.717) is 27.8 Å². The molecular weight excluding hydrogens is 284 g/mol. The second-order valence-corrected chi connectivity index (χ2v) is 4.94. The highest BCUT2D eigenvalue weighted by Crippen LogP contribution is 2.30. The molecule has 2 rings (SSSR count). The number of aliphatic hydroxyl groups is 2. The molecule has 0 unspecified atom stereocenters. The Morgan fingerprint density at radius 2 is 1.32 bits per heavy atom. The normalized spacial score (nSPS) is 10.5. The van der Waals surface area contributed by atoms with Crippen molar-refractivity contribution in [2.75, 3.05) is 0 Å². The summed E-state index contributed by atoms with van der Waals surface area (Å²) in [5, 5.41) is 27.9. The van der Waals surface area contributed by atoms with E-state index in [9.17, 15) is 24.9 Å². The van der Waals surface area contributed by atoms with Gasteiger partial charge in [0.2, 0.25) is 0 Å². The average Bonchev–Trinajstić information content (AvgIpc) is 2.53. The van der Waals surface area contributed by atoms with Gasteiger partial charge in [-0.1, -0.05) is 18.2 Å². The van der Waals surface area contributed by atoms with E-state index in [4.69, 9.17) is 0 Å². The molecule has 114 valence electrons. The zero-order chi connectivity index (χ0) is 16.3. The number of hydrogen-bond donors (Lipinski definition) is 3. The predicted molar refractivity (Wildman–Crippen MR) is 80.7 cm³/mol. The van der Waals surface area contributed by atoms with Gasteiger partial charge in [-0.15, -0.1) is 0 Å². The minimum Gasteiger partial charge on any atom is -0.478 e. The van der Waals surface area contributed by atoms with Crippen LogP contribution in [0, 0.1) is 0 Å². The Balaban J connectivity index is 2.78. The molecule has 0 aliphatic heterocycles. The van der Waals surface area contributed by atoms with Crippen molar-refractivity contribution in [3.63, 3.8) is 0 Å². The zero-order valence-corrected chi connectivity index (χ0v) is 12.0. The number of carboxylic acid groups (broad SMARTS) is 1. The molecule has 0 bridgehead atoms. The Kier molecular flexibility index (Phi) is 4.70. The molecule has 0 amide bonds. The largest absolute Gasteiger partial charge is 0.478 e. The number of aromatic carboxylic acids is 1. The minimum absolute atomic E-state index is 0.0368. The van der Waals surface area contributed by atoms with Gasteiger partial charge in [0.15, 0.2) is 5.78 Å². The molecular formula is C17H16O5. The standard InChI is InChI=1S/C17H16O5/c1-10(20)13-4-2-11(8-18)6-15(13)16-7-12(9-19)3-5-14(16)17(21)22/h2-7,18-19H,8-9H2,1H3,(H,21,22). The first-order chi connectivity index (χ1) is 10.5. The highest BCUT2D eigenvalue weighted by molar-refractivity contribution is 6.04. The molecule has 0 aromatic heterocycles. The Morgan fingerprint density at radius 3 is 1.73 bits per heavy atom. The number of hydrogen-bond acceptors (Lipinski definition) is 4. The molecule has 0 spiro atoms. The van der Waals surface area contributed by atoms with Crippen molar-refractivity contribution in [3.8, 4) is 11.1 Å². The van der Waals surface area contributed by atoms with Gasteiger partial charge in [-0.05, 0) is 47.4 Å². The fraction of sp³-hybridized carbons (Fsp3) is 0.176. The van der Waals surface area contributed by atoms with Crippen LogP contribution in [0.25, 0.3) is 11.1 Å². The monoisotopic (exact) mass is 300 g/mol. The third kappa shape index (κ3) is 3.05. The lowest BCUT2D eigenvalue weighted by molar-refractivity contribution is 0.0697. The molecule has 2 aromatic carbocycles. The summed E-state index contributed by atoms with van der Waals surface area (Å²) < 4.78 is 0. The van der Waals surface area contributed by atoms with Gasteiger partial charge >= 0.3 is 5.97 Å². The summed E-state index contributed by atoms with van der Waals surface area (Å²) >= 11 is 0. The summed E-state index contributed by atoms with van der Waals surface area (Å²) in [5.74, 6) is -1.33. The van der Waals surface area contributed by atoms with Crippen LogP contribution in [0.2, 0.25) is 0 Å². The molecule has 0 aliphatic carbocycles.